The Morgan fingerprint density at radius 1 is 1.00 bits per heavy atom. The van der Waals surface area contributed by atoms with Crippen molar-refractivity contribution in [2.24, 2.45) is 5.92 Å². The first-order valence-electron chi connectivity index (χ1n) is 11.0. The number of aliphatic carboxylic acids is 1. The Morgan fingerprint density at radius 3 is 2.28 bits per heavy atom. The maximum Gasteiger partial charge on any atom is 1.00 e. The number of aromatic nitrogens is 4. The van der Waals surface area contributed by atoms with E-state index in [9.17, 15) is 22.4 Å². The van der Waals surface area contributed by atoms with E-state index >= 15 is 0 Å². The number of nitrogens with zero attached hydrogens (tertiary/aromatic N) is 3. The molecule has 0 spiro atoms. The molecule has 189 valence electrons. The number of hydrogen-bond acceptors (Lipinski definition) is 4. The van der Waals surface area contributed by atoms with Crippen LogP contribution in [-0.4, -0.2) is 31.0 Å². The Hall–Kier alpha value is -3.18. The zero-order valence-corrected chi connectivity index (χ0v) is 21.3. The molecule has 2 aromatic carbocycles. The predicted octanol–water partition coefficient (Wildman–Crippen LogP) is 6.29. The zero-order valence-electron chi connectivity index (χ0n) is 18.8. The van der Waals surface area contributed by atoms with Gasteiger partial charge in [0, 0.05) is 6.33 Å². The van der Waals surface area contributed by atoms with Crippen LogP contribution in [0.1, 0.15) is 37.7 Å². The van der Waals surface area contributed by atoms with Crippen LogP contribution < -0.4 is 0 Å². The summed E-state index contributed by atoms with van der Waals surface area (Å²) in [5, 5.41) is 8.54. The van der Waals surface area contributed by atoms with Gasteiger partial charge in [0.25, 0.3) is 0 Å². The number of alkyl halides is 3. The average Bonchev–Trinajstić information content (AvgIpc) is 3.28. The van der Waals surface area contributed by atoms with Crippen LogP contribution in [0, 0.1) is 18.1 Å². The first-order valence-corrected chi connectivity index (χ1v) is 11.0. The van der Waals surface area contributed by atoms with Crippen molar-refractivity contribution in [1.82, 2.24) is 19.9 Å². The van der Waals surface area contributed by atoms with Gasteiger partial charge in [-0.15, -0.1) is 0 Å². The summed E-state index contributed by atoms with van der Waals surface area (Å²) in [6, 6.07) is 7.61. The largest absolute Gasteiger partial charge is 1.00 e. The van der Waals surface area contributed by atoms with Gasteiger partial charge in [-0.25, -0.2) is 9.37 Å². The normalized spacial score (nSPS) is 14.0. The Balaban J connectivity index is 0.000000307. The molecule has 1 aliphatic rings. The van der Waals surface area contributed by atoms with Gasteiger partial charge in [-0.3, -0.25) is 4.79 Å². The molecule has 2 N–H and O–H groups in total. The predicted molar refractivity (Wildman–Crippen MR) is 121 cm³/mol. The van der Waals surface area contributed by atoms with Gasteiger partial charge in [-0.1, -0.05) is 43.3 Å². The van der Waals surface area contributed by atoms with E-state index in [1.54, 1.807) is 6.07 Å². The third kappa shape index (κ3) is 6.52. The standard InChI is InChI=1S/C18H9F4N4.C7H12O2.Os/c19-14-5-10(11-7-23-9-24-8-11)1-3-13(14)17-25-15-4-2-12(18(20,21)22)6-16(15)26-17;8-7(9)6-4-2-1-3-5-6;/h1-8H,(H,25,26);6H,1-5H2,(H,8,9);/q-1;;+1. The molecular weight excluding hydrogens is 655 g/mol. The van der Waals surface area contributed by atoms with Crippen LogP contribution in [0.25, 0.3) is 33.5 Å². The first kappa shape index (κ1) is 27.4. The van der Waals surface area contributed by atoms with E-state index in [2.05, 4.69) is 26.3 Å². The molecule has 0 bridgehead atoms. The van der Waals surface area contributed by atoms with Crippen LogP contribution in [0.5, 0.6) is 0 Å². The molecule has 2 heterocycles. The Morgan fingerprint density at radius 2 is 1.69 bits per heavy atom. The molecule has 0 aliphatic heterocycles. The molecule has 2 aromatic heterocycles. The van der Waals surface area contributed by atoms with Gasteiger partial charge < -0.3 is 20.1 Å². The maximum absolute atomic E-state index is 14.5. The molecular formula is C25H21F4N4O2Os. The van der Waals surface area contributed by atoms with Crippen LogP contribution in [0.4, 0.5) is 17.6 Å². The fourth-order valence-electron chi connectivity index (χ4n) is 3.96. The second-order valence-corrected chi connectivity index (χ2v) is 8.25. The molecule has 1 fully saturated rings. The van der Waals surface area contributed by atoms with Crippen LogP contribution in [0.15, 0.2) is 48.8 Å². The van der Waals surface area contributed by atoms with E-state index in [1.165, 1.54) is 37.0 Å². The number of rotatable bonds is 3. The van der Waals surface area contributed by atoms with Gasteiger partial charge in [-0.2, -0.15) is 13.2 Å². The minimum Gasteiger partial charge on any atom is -0.481 e. The molecule has 5 rings (SSSR count). The summed E-state index contributed by atoms with van der Waals surface area (Å²) in [6.45, 7) is 0. The third-order valence-electron chi connectivity index (χ3n) is 5.84. The molecule has 1 radical (unpaired) electrons. The van der Waals surface area contributed by atoms with E-state index in [0.717, 1.165) is 37.8 Å². The third-order valence-corrected chi connectivity index (χ3v) is 5.84. The number of carbonyl (C=O) groups is 1. The molecule has 36 heavy (non-hydrogen) atoms. The van der Waals surface area contributed by atoms with Crippen molar-refractivity contribution in [1.29, 1.82) is 0 Å². The number of carboxylic acids is 1. The van der Waals surface area contributed by atoms with E-state index in [0.29, 0.717) is 16.6 Å². The summed E-state index contributed by atoms with van der Waals surface area (Å²) in [4.78, 5) is 24.8. The minimum atomic E-state index is -4.46. The van der Waals surface area contributed by atoms with Gasteiger partial charge in [0.1, 0.15) is 11.6 Å². The number of benzene rings is 2. The van der Waals surface area contributed by atoms with E-state index < -0.39 is 23.5 Å². The van der Waals surface area contributed by atoms with Gasteiger partial charge in [0.15, 0.2) is 0 Å². The summed E-state index contributed by atoms with van der Waals surface area (Å²) < 4.78 is 53.0. The van der Waals surface area contributed by atoms with Gasteiger partial charge in [-0.05, 0) is 48.7 Å². The number of hydrogen-bond donors (Lipinski definition) is 2. The minimum absolute atomic E-state index is 0. The van der Waals surface area contributed by atoms with Crippen LogP contribution in [0.2, 0.25) is 0 Å². The fourth-order valence-corrected chi connectivity index (χ4v) is 3.96. The van der Waals surface area contributed by atoms with Crippen molar-refractivity contribution in [2.75, 3.05) is 0 Å². The number of imidazole rings is 1. The summed E-state index contributed by atoms with van der Waals surface area (Å²) in [5.74, 6) is -1.04. The zero-order chi connectivity index (χ0) is 25.0. The average molecular weight is 676 g/mol. The van der Waals surface area contributed by atoms with Gasteiger partial charge in [0.05, 0.1) is 28.1 Å². The van der Waals surface area contributed by atoms with Crippen LogP contribution >= 0.6 is 0 Å². The number of halogens is 4. The molecule has 0 saturated heterocycles. The molecule has 0 unspecified atom stereocenters. The second kappa shape index (κ2) is 11.7. The summed E-state index contributed by atoms with van der Waals surface area (Å²) >= 11 is 0. The number of fused-ring (bicyclic) bond motifs is 1. The van der Waals surface area contributed by atoms with Crippen LogP contribution in [0.3, 0.4) is 0 Å². The first-order chi connectivity index (χ1) is 16.7. The summed E-state index contributed by atoms with van der Waals surface area (Å²) in [6.07, 6.45) is 6.18. The number of aromatic amines is 1. The van der Waals surface area contributed by atoms with E-state index in [-0.39, 0.29) is 42.6 Å². The topological polar surface area (TPSA) is 91.8 Å². The summed E-state index contributed by atoms with van der Waals surface area (Å²) in [7, 11) is 0. The Labute approximate surface area is 217 Å². The SMILES string of the molecule is Fc1cc(-c2cn[c-]nc2)ccc1-c1nc2ccc(C(F)(F)F)cc2[nH]1.O=C(O)C1CCCCC1.[Os+]. The van der Waals surface area contributed by atoms with Crippen molar-refractivity contribution < 1.29 is 47.3 Å². The Kier molecular flexibility index (Phi) is 8.91. The smallest absolute Gasteiger partial charge is 0.481 e. The molecule has 6 nitrogen and oxygen atoms in total. The van der Waals surface area contributed by atoms with Crippen molar-refractivity contribution in [3.8, 4) is 22.5 Å². The fraction of sp³-hybridized carbons (Fsp3) is 0.280. The van der Waals surface area contributed by atoms with E-state index in [4.69, 9.17) is 5.11 Å². The van der Waals surface area contributed by atoms with Crippen molar-refractivity contribution in [2.45, 2.75) is 38.3 Å². The molecule has 0 atom stereocenters. The van der Waals surface area contributed by atoms with Crippen molar-refractivity contribution >= 4 is 17.0 Å². The molecule has 1 saturated carbocycles. The van der Waals surface area contributed by atoms with Gasteiger partial charge in [0.2, 0.25) is 0 Å². The van der Waals surface area contributed by atoms with Crippen molar-refractivity contribution in [3.05, 3.63) is 66.5 Å². The maximum atomic E-state index is 14.5. The number of H-pyrrole nitrogens is 1. The quantitative estimate of drug-likeness (QED) is 0.197. The summed E-state index contributed by atoms with van der Waals surface area (Å²) in [5.41, 5.74) is 1.05. The number of nitrogens with one attached hydrogen (secondary N) is 1. The second-order valence-electron chi connectivity index (χ2n) is 8.25. The molecule has 1 aliphatic carbocycles. The number of carboxylic acid groups (broad SMARTS) is 1. The van der Waals surface area contributed by atoms with Gasteiger partial charge >= 0.3 is 31.9 Å². The van der Waals surface area contributed by atoms with Crippen LogP contribution in [-0.2, 0) is 30.8 Å². The van der Waals surface area contributed by atoms with E-state index in [1.807, 2.05) is 0 Å². The molecule has 0 amide bonds. The Bertz CT molecular complexity index is 1320. The molecule has 11 heteroatoms. The van der Waals surface area contributed by atoms with Crippen molar-refractivity contribution in [3.63, 3.8) is 0 Å². The molecule has 4 aromatic rings. The monoisotopic (exact) mass is 677 g/mol.